The lowest BCUT2D eigenvalue weighted by atomic mass is 9.71. The first-order valence-electron chi connectivity index (χ1n) is 16.5. The van der Waals surface area contributed by atoms with Crippen LogP contribution in [0.25, 0.3) is 0 Å². The molecule has 0 unspecified atom stereocenters. The SMILES string of the molecule is CC(C)(C)OC(=O)N[C@@H]1CCCc2c(B3OC(C)(C)C(C)(C)O3)cccc21.CC(C)(C)OC(=O)N[C@@H]1CCCc2c(Br)cccc21. The van der Waals surface area contributed by atoms with Gasteiger partial charge in [0, 0.05) is 4.47 Å². The molecule has 2 amide bonds. The third-order valence-corrected chi connectivity index (χ3v) is 9.63. The highest BCUT2D eigenvalue weighted by molar-refractivity contribution is 9.10. The number of carbonyl (C=O) groups is 2. The molecule has 0 radical (unpaired) electrons. The molecular weight excluding hydrogens is 647 g/mol. The topological polar surface area (TPSA) is 95.1 Å². The number of rotatable bonds is 3. The Kier molecular flexibility index (Phi) is 11.0. The Hall–Kier alpha value is -2.56. The van der Waals surface area contributed by atoms with E-state index in [2.05, 4.69) is 78.5 Å². The van der Waals surface area contributed by atoms with Crippen molar-refractivity contribution in [1.29, 1.82) is 0 Å². The molecule has 46 heavy (non-hydrogen) atoms. The van der Waals surface area contributed by atoms with Crippen molar-refractivity contribution in [3.05, 3.63) is 63.1 Å². The largest absolute Gasteiger partial charge is 0.495 e. The van der Waals surface area contributed by atoms with Crippen LogP contribution in [0.2, 0.25) is 0 Å². The fourth-order valence-corrected chi connectivity index (χ4v) is 6.65. The first-order valence-corrected chi connectivity index (χ1v) is 17.3. The number of nitrogens with one attached hydrogen (secondary N) is 2. The molecule has 252 valence electrons. The van der Waals surface area contributed by atoms with Gasteiger partial charge in [0.1, 0.15) is 11.2 Å². The smallest absolute Gasteiger partial charge is 0.444 e. The van der Waals surface area contributed by atoms with Crippen molar-refractivity contribution in [1.82, 2.24) is 10.6 Å². The minimum absolute atomic E-state index is 0.0500. The second kappa shape index (κ2) is 13.9. The highest BCUT2D eigenvalue weighted by Gasteiger charge is 2.52. The first-order chi connectivity index (χ1) is 21.3. The predicted octanol–water partition coefficient (Wildman–Crippen LogP) is 8.24. The van der Waals surface area contributed by atoms with Crippen LogP contribution in [-0.4, -0.2) is 41.7 Å². The molecule has 1 aliphatic heterocycles. The van der Waals surface area contributed by atoms with Crippen molar-refractivity contribution in [2.24, 2.45) is 0 Å². The van der Waals surface area contributed by atoms with E-state index in [9.17, 15) is 9.59 Å². The summed E-state index contributed by atoms with van der Waals surface area (Å²) in [4.78, 5) is 24.1. The van der Waals surface area contributed by atoms with Crippen LogP contribution in [0.15, 0.2) is 40.9 Å². The van der Waals surface area contributed by atoms with E-state index < -0.39 is 11.2 Å². The predicted molar refractivity (Wildman–Crippen MR) is 186 cm³/mol. The Morgan fingerprint density at radius 3 is 1.67 bits per heavy atom. The van der Waals surface area contributed by atoms with Crippen LogP contribution in [-0.2, 0) is 31.6 Å². The Bertz CT molecular complexity index is 1400. The standard InChI is InChI=1S/C21H32BNO4.C15H20BrNO2/c1-19(2,3)25-18(24)23-17-13-9-10-14-15(17)11-8-12-16(14)22-26-20(4,5)21(6,7)27-22;1-15(2,3)19-14(18)17-13-9-5-6-10-11(13)7-4-8-12(10)16/h8,11-12,17H,9-10,13H2,1-7H3,(H,23,24);4,7-8,13H,5-6,9H2,1-3H3,(H,17,18)/t17-;13-/m11/s1. The van der Waals surface area contributed by atoms with Gasteiger partial charge >= 0.3 is 19.3 Å². The zero-order valence-electron chi connectivity index (χ0n) is 29.3. The van der Waals surface area contributed by atoms with E-state index in [1.54, 1.807) is 0 Å². The van der Waals surface area contributed by atoms with Gasteiger partial charge in [-0.2, -0.15) is 0 Å². The summed E-state index contributed by atoms with van der Waals surface area (Å²) in [6, 6.07) is 12.3. The molecule has 0 spiro atoms. The van der Waals surface area contributed by atoms with Crippen LogP contribution in [0.5, 0.6) is 0 Å². The Labute approximate surface area is 284 Å². The average Bonchev–Trinajstić information content (AvgIpc) is 3.13. The number of hydrogen-bond donors (Lipinski definition) is 2. The van der Waals surface area contributed by atoms with Crippen LogP contribution in [0.4, 0.5) is 9.59 Å². The molecule has 1 fully saturated rings. The van der Waals surface area contributed by atoms with Gasteiger partial charge in [-0.3, -0.25) is 0 Å². The Morgan fingerprint density at radius 2 is 1.20 bits per heavy atom. The van der Waals surface area contributed by atoms with Gasteiger partial charge in [-0.1, -0.05) is 46.3 Å². The number of hydrogen-bond acceptors (Lipinski definition) is 6. The van der Waals surface area contributed by atoms with Gasteiger partial charge in [0.2, 0.25) is 0 Å². The fourth-order valence-electron chi connectivity index (χ4n) is 6.07. The van der Waals surface area contributed by atoms with Crippen molar-refractivity contribution < 1.29 is 28.4 Å². The van der Waals surface area contributed by atoms with Crippen LogP contribution in [0.1, 0.15) is 129 Å². The zero-order chi connectivity index (χ0) is 34.1. The van der Waals surface area contributed by atoms with Gasteiger partial charge in [0.05, 0.1) is 23.3 Å². The van der Waals surface area contributed by atoms with E-state index in [-0.39, 0.29) is 42.6 Å². The molecule has 5 rings (SSSR count). The maximum atomic E-state index is 12.3. The lowest BCUT2D eigenvalue weighted by Crippen LogP contribution is -2.41. The molecular formula is C36H52BBrN2O6. The van der Waals surface area contributed by atoms with Crippen molar-refractivity contribution in [3.8, 4) is 0 Å². The van der Waals surface area contributed by atoms with Crippen LogP contribution in [0.3, 0.4) is 0 Å². The highest BCUT2D eigenvalue weighted by Crippen LogP contribution is 2.38. The number of halogens is 1. The molecule has 2 aromatic carbocycles. The summed E-state index contributed by atoms with van der Waals surface area (Å²) in [5.41, 5.74) is 4.22. The summed E-state index contributed by atoms with van der Waals surface area (Å²) < 4.78 is 24.4. The van der Waals surface area contributed by atoms with Crippen molar-refractivity contribution in [2.75, 3.05) is 0 Å². The normalized spacial score (nSPS) is 21.6. The summed E-state index contributed by atoms with van der Waals surface area (Å²) in [5.74, 6) is 0. The second-order valence-corrected chi connectivity index (χ2v) is 16.3. The van der Waals surface area contributed by atoms with Crippen LogP contribution < -0.4 is 16.1 Å². The summed E-state index contributed by atoms with van der Waals surface area (Å²) in [6.07, 6.45) is 5.25. The van der Waals surface area contributed by atoms with Gasteiger partial charge in [0.15, 0.2) is 0 Å². The van der Waals surface area contributed by atoms with Gasteiger partial charge in [-0.25, -0.2) is 9.59 Å². The summed E-state index contributed by atoms with van der Waals surface area (Å²) >= 11 is 3.58. The maximum Gasteiger partial charge on any atom is 0.495 e. The fraction of sp³-hybridized carbons (Fsp3) is 0.611. The molecule has 2 N–H and O–H groups in total. The minimum Gasteiger partial charge on any atom is -0.444 e. The molecule has 0 saturated carbocycles. The zero-order valence-corrected chi connectivity index (χ0v) is 30.9. The van der Waals surface area contributed by atoms with Crippen molar-refractivity contribution >= 4 is 40.7 Å². The number of carbonyl (C=O) groups excluding carboxylic acids is 2. The van der Waals surface area contributed by atoms with Crippen molar-refractivity contribution in [3.63, 3.8) is 0 Å². The maximum absolute atomic E-state index is 12.3. The molecule has 1 saturated heterocycles. The van der Waals surface area contributed by atoms with Crippen LogP contribution >= 0.6 is 15.9 Å². The molecule has 0 aromatic heterocycles. The van der Waals surface area contributed by atoms with E-state index in [1.807, 2.05) is 53.7 Å². The molecule has 2 aromatic rings. The number of ether oxygens (including phenoxy) is 2. The molecule has 3 aliphatic rings. The third-order valence-electron chi connectivity index (χ3n) is 8.88. The van der Waals surface area contributed by atoms with E-state index in [0.29, 0.717) is 0 Å². The summed E-state index contributed by atoms with van der Waals surface area (Å²) in [5, 5.41) is 6.02. The quantitative estimate of drug-likeness (QED) is 0.314. The van der Waals surface area contributed by atoms with Crippen molar-refractivity contribution in [2.45, 2.75) is 142 Å². The van der Waals surface area contributed by atoms with E-state index >= 15 is 0 Å². The molecule has 0 bridgehead atoms. The minimum atomic E-state index is -0.508. The number of fused-ring (bicyclic) bond motifs is 2. The monoisotopic (exact) mass is 698 g/mol. The molecule has 2 atom stereocenters. The third kappa shape index (κ3) is 9.07. The Balaban J connectivity index is 0.000000222. The van der Waals surface area contributed by atoms with Gasteiger partial charge in [-0.15, -0.1) is 0 Å². The van der Waals surface area contributed by atoms with Gasteiger partial charge in [-0.05, 0) is 142 Å². The molecule has 2 aliphatic carbocycles. The number of amides is 2. The van der Waals surface area contributed by atoms with Gasteiger partial charge < -0.3 is 29.4 Å². The lowest BCUT2D eigenvalue weighted by molar-refractivity contribution is 0.00578. The Morgan fingerprint density at radius 1 is 0.761 bits per heavy atom. The van der Waals surface area contributed by atoms with Crippen LogP contribution in [0, 0.1) is 0 Å². The molecule has 8 nitrogen and oxygen atoms in total. The first kappa shape index (κ1) is 36.3. The average molecular weight is 700 g/mol. The van der Waals surface area contributed by atoms with E-state index in [1.165, 1.54) is 16.7 Å². The van der Waals surface area contributed by atoms with E-state index in [4.69, 9.17) is 18.8 Å². The van der Waals surface area contributed by atoms with Gasteiger partial charge in [0.25, 0.3) is 0 Å². The molecule has 1 heterocycles. The summed E-state index contributed by atoms with van der Waals surface area (Å²) in [7, 11) is -0.384. The lowest BCUT2D eigenvalue weighted by Gasteiger charge is -2.32. The highest BCUT2D eigenvalue weighted by atomic mass is 79.9. The summed E-state index contributed by atoms with van der Waals surface area (Å²) in [6.45, 7) is 19.5. The number of alkyl carbamates (subject to hydrolysis) is 2. The van der Waals surface area contributed by atoms with E-state index in [0.717, 1.165) is 54.0 Å². The second-order valence-electron chi connectivity index (χ2n) is 15.5. The molecule has 10 heteroatoms. The number of benzene rings is 2.